The molecule has 0 aliphatic carbocycles. The smallest absolute Gasteiger partial charge is 0.123 e. The van der Waals surface area contributed by atoms with Gasteiger partial charge in [0.2, 0.25) is 0 Å². The van der Waals surface area contributed by atoms with Crippen molar-refractivity contribution in [3.05, 3.63) is 57.0 Å². The van der Waals surface area contributed by atoms with Gasteiger partial charge in [0.05, 0.1) is 6.04 Å². The number of aryl methyl sites for hydroxylation is 2. The average molecular weight is 235 g/mol. The fourth-order valence-electron chi connectivity index (χ4n) is 1.87. The lowest BCUT2D eigenvalue weighted by atomic mass is 9.96. The Labute approximate surface area is 98.7 Å². The predicted molar refractivity (Wildman–Crippen MR) is 66.2 cm³/mol. The van der Waals surface area contributed by atoms with Crippen LogP contribution in [0, 0.1) is 19.7 Å². The fraction of sp³-hybridized carbons (Fsp3) is 0.231. The maximum atomic E-state index is 13.0. The molecule has 0 aliphatic rings. The lowest BCUT2D eigenvalue weighted by Crippen LogP contribution is -2.13. The molecule has 3 heteroatoms. The third kappa shape index (κ3) is 2.01. The van der Waals surface area contributed by atoms with Gasteiger partial charge in [-0.1, -0.05) is 6.07 Å². The van der Waals surface area contributed by atoms with Gasteiger partial charge in [-0.05, 0) is 54.1 Å². The van der Waals surface area contributed by atoms with Crippen LogP contribution < -0.4 is 5.73 Å². The molecule has 1 aromatic heterocycles. The van der Waals surface area contributed by atoms with Crippen molar-refractivity contribution in [3.63, 3.8) is 0 Å². The van der Waals surface area contributed by atoms with Crippen molar-refractivity contribution < 1.29 is 4.39 Å². The first kappa shape index (κ1) is 11.3. The topological polar surface area (TPSA) is 26.0 Å². The summed E-state index contributed by atoms with van der Waals surface area (Å²) in [6.45, 7) is 3.94. The summed E-state index contributed by atoms with van der Waals surface area (Å²) in [5.74, 6) is -0.213. The first-order valence-corrected chi connectivity index (χ1v) is 6.03. The molecule has 1 atom stereocenters. The lowest BCUT2D eigenvalue weighted by Gasteiger charge is -2.14. The molecule has 0 amide bonds. The number of rotatable bonds is 2. The summed E-state index contributed by atoms with van der Waals surface area (Å²) in [7, 11) is 0. The van der Waals surface area contributed by atoms with E-state index in [0.29, 0.717) is 0 Å². The first-order chi connectivity index (χ1) is 7.59. The minimum Gasteiger partial charge on any atom is -0.320 e. The second-order valence-corrected chi connectivity index (χ2v) is 5.03. The number of thiophene rings is 1. The molecule has 0 saturated carbocycles. The van der Waals surface area contributed by atoms with Gasteiger partial charge in [0, 0.05) is 4.88 Å². The highest BCUT2D eigenvalue weighted by atomic mass is 32.1. The number of hydrogen-bond acceptors (Lipinski definition) is 2. The van der Waals surface area contributed by atoms with Crippen molar-refractivity contribution in [1.82, 2.24) is 0 Å². The third-order valence-corrected chi connectivity index (χ3v) is 3.66. The molecule has 2 N–H and O–H groups in total. The van der Waals surface area contributed by atoms with Crippen molar-refractivity contribution in [2.45, 2.75) is 19.9 Å². The summed E-state index contributed by atoms with van der Waals surface area (Å²) in [6, 6.07) is 6.63. The number of nitrogens with two attached hydrogens (primary N) is 1. The van der Waals surface area contributed by atoms with Crippen molar-refractivity contribution >= 4 is 11.3 Å². The van der Waals surface area contributed by atoms with Crippen molar-refractivity contribution in [3.8, 4) is 0 Å². The van der Waals surface area contributed by atoms with Crippen LogP contribution in [0.15, 0.2) is 29.6 Å². The summed E-state index contributed by atoms with van der Waals surface area (Å²) >= 11 is 1.68. The highest BCUT2D eigenvalue weighted by Gasteiger charge is 2.14. The van der Waals surface area contributed by atoms with E-state index in [-0.39, 0.29) is 11.9 Å². The zero-order chi connectivity index (χ0) is 11.7. The molecule has 1 nitrogen and oxygen atoms in total. The van der Waals surface area contributed by atoms with E-state index in [0.717, 1.165) is 16.7 Å². The van der Waals surface area contributed by atoms with Crippen LogP contribution in [0.5, 0.6) is 0 Å². The van der Waals surface area contributed by atoms with Gasteiger partial charge in [-0.15, -0.1) is 11.3 Å². The van der Waals surface area contributed by atoms with Crippen molar-refractivity contribution in [1.29, 1.82) is 0 Å². The quantitative estimate of drug-likeness (QED) is 0.846. The molecule has 84 valence electrons. The fourth-order valence-corrected chi connectivity index (χ4v) is 2.62. The predicted octanol–water partition coefficient (Wildman–Crippen LogP) is 3.55. The molecule has 1 heterocycles. The van der Waals surface area contributed by atoms with Crippen LogP contribution in [0.1, 0.15) is 27.6 Å². The van der Waals surface area contributed by atoms with Gasteiger partial charge in [-0.3, -0.25) is 0 Å². The van der Waals surface area contributed by atoms with E-state index in [1.165, 1.54) is 17.0 Å². The van der Waals surface area contributed by atoms with Crippen molar-refractivity contribution in [2.24, 2.45) is 5.73 Å². The number of halogens is 1. The zero-order valence-electron chi connectivity index (χ0n) is 9.33. The minimum atomic E-state index is -0.213. The lowest BCUT2D eigenvalue weighted by molar-refractivity contribution is 0.624. The van der Waals surface area contributed by atoms with E-state index in [9.17, 15) is 4.39 Å². The summed E-state index contributed by atoms with van der Waals surface area (Å²) in [5.41, 5.74) is 9.21. The van der Waals surface area contributed by atoms with Gasteiger partial charge in [-0.2, -0.15) is 0 Å². The largest absolute Gasteiger partial charge is 0.320 e. The molecule has 2 aromatic rings. The van der Waals surface area contributed by atoms with Crippen LogP contribution in [0.25, 0.3) is 0 Å². The Morgan fingerprint density at radius 1 is 1.19 bits per heavy atom. The number of benzene rings is 1. The molecule has 0 bridgehead atoms. The monoisotopic (exact) mass is 235 g/mol. The van der Waals surface area contributed by atoms with Gasteiger partial charge in [0.15, 0.2) is 0 Å². The average Bonchev–Trinajstić information content (AvgIpc) is 2.63. The van der Waals surface area contributed by atoms with E-state index in [1.807, 2.05) is 18.4 Å². The third-order valence-electron chi connectivity index (χ3n) is 2.80. The summed E-state index contributed by atoms with van der Waals surface area (Å²) in [4.78, 5) is 1.22. The Morgan fingerprint density at radius 2 is 1.94 bits per heavy atom. The molecular formula is C13H14FNS. The Kier molecular flexibility index (Phi) is 3.08. The molecule has 0 spiro atoms. The molecule has 16 heavy (non-hydrogen) atoms. The second-order valence-electron chi connectivity index (χ2n) is 3.91. The normalized spacial score (nSPS) is 12.8. The van der Waals surface area contributed by atoms with Crippen LogP contribution in [0.2, 0.25) is 0 Å². The molecular weight excluding hydrogens is 221 g/mol. The Morgan fingerprint density at radius 3 is 2.50 bits per heavy atom. The molecule has 0 saturated heterocycles. The van der Waals surface area contributed by atoms with Crippen LogP contribution in [-0.2, 0) is 0 Å². The van der Waals surface area contributed by atoms with Gasteiger partial charge in [-0.25, -0.2) is 4.39 Å². The van der Waals surface area contributed by atoms with Crippen LogP contribution in [0.4, 0.5) is 4.39 Å². The molecule has 0 radical (unpaired) electrons. The maximum absolute atomic E-state index is 13.0. The molecule has 1 unspecified atom stereocenters. The molecule has 0 aliphatic heterocycles. The molecule has 2 rings (SSSR count). The standard InChI is InChI=1S/C13H14FNS/c1-8-7-10(14)3-4-11(8)13(15)12-5-6-16-9(12)2/h3-7,13H,15H2,1-2H3. The van der Waals surface area contributed by atoms with Crippen LogP contribution in [-0.4, -0.2) is 0 Å². The van der Waals surface area contributed by atoms with Crippen LogP contribution in [0.3, 0.4) is 0 Å². The van der Waals surface area contributed by atoms with E-state index >= 15 is 0 Å². The molecule has 0 fully saturated rings. The maximum Gasteiger partial charge on any atom is 0.123 e. The summed E-state index contributed by atoms with van der Waals surface area (Å²) in [5, 5.41) is 2.03. The second kappa shape index (κ2) is 4.36. The molecule has 1 aromatic carbocycles. The van der Waals surface area contributed by atoms with Gasteiger partial charge in [0.25, 0.3) is 0 Å². The Balaban J connectivity index is 2.41. The summed E-state index contributed by atoms with van der Waals surface area (Å²) < 4.78 is 13.0. The SMILES string of the molecule is Cc1cc(F)ccc1C(N)c1ccsc1C. The highest BCUT2D eigenvalue weighted by molar-refractivity contribution is 7.10. The van der Waals surface area contributed by atoms with E-state index in [1.54, 1.807) is 17.4 Å². The minimum absolute atomic E-state index is 0.160. The van der Waals surface area contributed by atoms with Crippen LogP contribution >= 0.6 is 11.3 Å². The summed E-state index contributed by atoms with van der Waals surface area (Å²) in [6.07, 6.45) is 0. The van der Waals surface area contributed by atoms with Gasteiger partial charge >= 0.3 is 0 Å². The van der Waals surface area contributed by atoms with Gasteiger partial charge < -0.3 is 5.73 Å². The van der Waals surface area contributed by atoms with Gasteiger partial charge in [0.1, 0.15) is 5.82 Å². The zero-order valence-corrected chi connectivity index (χ0v) is 10.1. The van der Waals surface area contributed by atoms with E-state index < -0.39 is 0 Å². The Hall–Kier alpha value is -1.19. The Bertz CT molecular complexity index is 504. The van der Waals surface area contributed by atoms with Crippen molar-refractivity contribution in [2.75, 3.05) is 0 Å². The highest BCUT2D eigenvalue weighted by Crippen LogP contribution is 2.28. The van der Waals surface area contributed by atoms with E-state index in [2.05, 4.69) is 6.92 Å². The van der Waals surface area contributed by atoms with E-state index in [4.69, 9.17) is 5.73 Å². The number of hydrogen-bond donors (Lipinski definition) is 1. The first-order valence-electron chi connectivity index (χ1n) is 5.15.